The molecule has 0 spiro atoms. The molecule has 1 aliphatic rings. The van der Waals surface area contributed by atoms with Gasteiger partial charge in [-0.2, -0.15) is 0 Å². The van der Waals surface area contributed by atoms with Gasteiger partial charge in [0.05, 0.1) is 0 Å². The molecule has 1 aromatic rings. The highest BCUT2D eigenvalue weighted by Crippen LogP contribution is 2.27. The molecule has 0 aromatic heterocycles. The third kappa shape index (κ3) is 3.66. The van der Waals surface area contributed by atoms with E-state index in [1.165, 1.54) is 12.1 Å². The summed E-state index contributed by atoms with van der Waals surface area (Å²) in [5.74, 6) is -0.318. The monoisotopic (exact) mass is 286 g/mol. The first-order valence-electron chi connectivity index (χ1n) is 6.57. The molecule has 2 rings (SSSR count). The van der Waals surface area contributed by atoms with Crippen molar-refractivity contribution in [3.8, 4) is 0 Å². The molecule has 1 heterocycles. The Morgan fingerprint density at radius 3 is 2.68 bits per heavy atom. The van der Waals surface area contributed by atoms with Gasteiger partial charge in [0.25, 0.3) is 0 Å². The summed E-state index contributed by atoms with van der Waals surface area (Å²) >= 11 is 5.92. The van der Waals surface area contributed by atoms with Crippen LogP contribution in [-0.4, -0.2) is 37.7 Å². The van der Waals surface area contributed by atoms with Crippen LogP contribution in [-0.2, 0) is 4.74 Å². The maximum atomic E-state index is 13.5. The van der Waals surface area contributed by atoms with Crippen molar-refractivity contribution in [2.24, 2.45) is 5.73 Å². The highest BCUT2D eigenvalue weighted by molar-refractivity contribution is 6.30. The third-order valence-electron chi connectivity index (χ3n) is 3.75. The van der Waals surface area contributed by atoms with Crippen LogP contribution in [0.2, 0.25) is 5.02 Å². The summed E-state index contributed by atoms with van der Waals surface area (Å²) in [4.78, 5) is 2.22. The SMILES string of the molecule is CN(C1CCOCC1)C(CN)c1cc(F)cc(Cl)c1. The second-order valence-electron chi connectivity index (χ2n) is 4.96. The zero-order valence-corrected chi connectivity index (χ0v) is 11.9. The Kier molecular flexibility index (Phi) is 5.16. The van der Waals surface area contributed by atoms with E-state index in [0.717, 1.165) is 31.6 Å². The van der Waals surface area contributed by atoms with Crippen molar-refractivity contribution in [2.45, 2.75) is 24.9 Å². The fraction of sp³-hybridized carbons (Fsp3) is 0.571. The molecule has 0 bridgehead atoms. The Bertz CT molecular complexity index is 404. The minimum Gasteiger partial charge on any atom is -0.381 e. The second-order valence-corrected chi connectivity index (χ2v) is 5.40. The fourth-order valence-corrected chi connectivity index (χ4v) is 2.88. The molecule has 5 heteroatoms. The first kappa shape index (κ1) is 14.7. The summed E-state index contributed by atoms with van der Waals surface area (Å²) in [6.45, 7) is 1.99. The van der Waals surface area contributed by atoms with E-state index in [0.29, 0.717) is 17.6 Å². The molecule has 106 valence electrons. The molecule has 0 saturated carbocycles. The van der Waals surface area contributed by atoms with Crippen molar-refractivity contribution in [3.63, 3.8) is 0 Å². The first-order chi connectivity index (χ1) is 9.11. The van der Waals surface area contributed by atoms with Crippen LogP contribution in [0.5, 0.6) is 0 Å². The van der Waals surface area contributed by atoms with Gasteiger partial charge in [0.1, 0.15) is 5.82 Å². The zero-order valence-electron chi connectivity index (χ0n) is 11.1. The summed E-state index contributed by atoms with van der Waals surface area (Å²) in [6, 6.07) is 5.02. The van der Waals surface area contributed by atoms with Crippen LogP contribution in [0, 0.1) is 5.82 Å². The molecule has 2 N–H and O–H groups in total. The molecule has 1 aliphatic heterocycles. The topological polar surface area (TPSA) is 38.5 Å². The lowest BCUT2D eigenvalue weighted by Gasteiger charge is -2.37. The van der Waals surface area contributed by atoms with Crippen LogP contribution in [0.1, 0.15) is 24.4 Å². The molecule has 3 nitrogen and oxygen atoms in total. The molecule has 1 fully saturated rings. The van der Waals surface area contributed by atoms with Crippen LogP contribution in [0.3, 0.4) is 0 Å². The van der Waals surface area contributed by atoms with Crippen LogP contribution in [0.4, 0.5) is 4.39 Å². The average molecular weight is 287 g/mol. The average Bonchev–Trinajstić information content (AvgIpc) is 2.39. The number of ether oxygens (including phenoxy) is 1. The number of rotatable bonds is 4. The standard InChI is InChI=1S/C14H20ClFN2O/c1-18(13-2-4-19-5-3-13)14(9-17)10-6-11(15)8-12(16)7-10/h6-8,13-14H,2-5,9,17H2,1H3. The molecule has 1 saturated heterocycles. The number of nitrogens with two attached hydrogens (primary N) is 1. The van der Waals surface area contributed by atoms with E-state index in [1.54, 1.807) is 6.07 Å². The molecule has 19 heavy (non-hydrogen) atoms. The van der Waals surface area contributed by atoms with E-state index in [1.807, 2.05) is 7.05 Å². The highest BCUT2D eigenvalue weighted by Gasteiger charge is 2.25. The van der Waals surface area contributed by atoms with E-state index in [2.05, 4.69) is 4.90 Å². The third-order valence-corrected chi connectivity index (χ3v) is 3.97. The Labute approximate surface area is 118 Å². The van der Waals surface area contributed by atoms with Gasteiger partial charge < -0.3 is 10.5 Å². The van der Waals surface area contributed by atoms with E-state index in [9.17, 15) is 4.39 Å². The lowest BCUT2D eigenvalue weighted by Crippen LogP contribution is -2.41. The Morgan fingerprint density at radius 2 is 2.11 bits per heavy atom. The summed E-state index contributed by atoms with van der Waals surface area (Å²) in [5, 5.41) is 0.411. The van der Waals surface area contributed by atoms with Crippen LogP contribution in [0.25, 0.3) is 0 Å². The van der Waals surface area contributed by atoms with Crippen molar-refractivity contribution < 1.29 is 9.13 Å². The van der Waals surface area contributed by atoms with E-state index >= 15 is 0 Å². The predicted octanol–water partition coefficient (Wildman–Crippen LogP) is 2.59. The van der Waals surface area contributed by atoms with Gasteiger partial charge in [-0.1, -0.05) is 11.6 Å². The molecular formula is C14H20ClFN2O. The Hall–Kier alpha value is -0.680. The minimum absolute atomic E-state index is 0.0173. The number of hydrogen-bond acceptors (Lipinski definition) is 3. The smallest absolute Gasteiger partial charge is 0.125 e. The summed E-state index contributed by atoms with van der Waals surface area (Å²) < 4.78 is 18.8. The van der Waals surface area contributed by atoms with E-state index < -0.39 is 0 Å². The minimum atomic E-state index is -0.318. The number of hydrogen-bond donors (Lipinski definition) is 1. The summed E-state index contributed by atoms with van der Waals surface area (Å²) in [6.07, 6.45) is 1.96. The number of likely N-dealkylation sites (N-methyl/N-ethyl adjacent to an activating group) is 1. The van der Waals surface area contributed by atoms with Crippen molar-refractivity contribution >= 4 is 11.6 Å². The maximum Gasteiger partial charge on any atom is 0.125 e. The van der Waals surface area contributed by atoms with Gasteiger partial charge in [-0.15, -0.1) is 0 Å². The molecular weight excluding hydrogens is 267 g/mol. The Morgan fingerprint density at radius 1 is 1.42 bits per heavy atom. The number of benzene rings is 1. The van der Waals surface area contributed by atoms with Gasteiger partial charge in [0, 0.05) is 36.9 Å². The number of halogens is 2. The lowest BCUT2D eigenvalue weighted by molar-refractivity contribution is 0.0293. The quantitative estimate of drug-likeness (QED) is 0.925. The van der Waals surface area contributed by atoms with Crippen LogP contribution >= 0.6 is 11.6 Å². The van der Waals surface area contributed by atoms with Crippen molar-refractivity contribution in [3.05, 3.63) is 34.6 Å². The van der Waals surface area contributed by atoms with E-state index in [-0.39, 0.29) is 11.9 Å². The van der Waals surface area contributed by atoms with Crippen molar-refractivity contribution in [1.82, 2.24) is 4.90 Å². The van der Waals surface area contributed by atoms with Gasteiger partial charge in [-0.25, -0.2) is 4.39 Å². The zero-order chi connectivity index (χ0) is 13.8. The van der Waals surface area contributed by atoms with Gasteiger partial charge >= 0.3 is 0 Å². The van der Waals surface area contributed by atoms with Crippen LogP contribution < -0.4 is 5.73 Å². The molecule has 0 aliphatic carbocycles. The summed E-state index contributed by atoms with van der Waals surface area (Å²) in [5.41, 5.74) is 6.71. The number of nitrogens with zero attached hydrogens (tertiary/aromatic N) is 1. The summed E-state index contributed by atoms with van der Waals surface area (Å²) in [7, 11) is 2.03. The normalized spacial score (nSPS) is 18.8. The van der Waals surface area contributed by atoms with E-state index in [4.69, 9.17) is 22.1 Å². The van der Waals surface area contributed by atoms with Gasteiger partial charge in [-0.3, -0.25) is 4.90 Å². The molecule has 1 atom stereocenters. The lowest BCUT2D eigenvalue weighted by atomic mass is 10.0. The first-order valence-corrected chi connectivity index (χ1v) is 6.95. The highest BCUT2D eigenvalue weighted by atomic mass is 35.5. The molecule has 0 radical (unpaired) electrons. The maximum absolute atomic E-state index is 13.5. The molecule has 1 unspecified atom stereocenters. The van der Waals surface area contributed by atoms with Gasteiger partial charge in [0.15, 0.2) is 0 Å². The Balaban J connectivity index is 2.17. The van der Waals surface area contributed by atoms with Gasteiger partial charge in [0.2, 0.25) is 0 Å². The predicted molar refractivity (Wildman–Crippen MR) is 74.8 cm³/mol. The molecule has 1 aromatic carbocycles. The van der Waals surface area contributed by atoms with Crippen LogP contribution in [0.15, 0.2) is 18.2 Å². The van der Waals surface area contributed by atoms with Crippen molar-refractivity contribution in [2.75, 3.05) is 26.8 Å². The molecule has 0 amide bonds. The fourth-order valence-electron chi connectivity index (χ4n) is 2.65. The second kappa shape index (κ2) is 6.66. The van der Waals surface area contributed by atoms with Gasteiger partial charge in [-0.05, 0) is 43.7 Å². The largest absolute Gasteiger partial charge is 0.381 e. The van der Waals surface area contributed by atoms with Crippen molar-refractivity contribution in [1.29, 1.82) is 0 Å².